The van der Waals surface area contributed by atoms with Crippen LogP contribution < -0.4 is 0 Å². The van der Waals surface area contributed by atoms with Crippen molar-refractivity contribution in [3.63, 3.8) is 0 Å². The second-order valence-corrected chi connectivity index (χ2v) is 4.84. The summed E-state index contributed by atoms with van der Waals surface area (Å²) in [4.78, 5) is 0.580. The van der Waals surface area contributed by atoms with Crippen molar-refractivity contribution in [2.45, 2.75) is 30.5 Å². The standard InChI is InChI=1S/C12H15Br/c13-12(11-8-4-5-9-11)10-6-2-1-3-7-10/h1-3,6-7,11-12H,4-5,8-9H2. The molecule has 0 aliphatic heterocycles. The zero-order valence-electron chi connectivity index (χ0n) is 7.75. The molecular weight excluding hydrogens is 224 g/mol. The van der Waals surface area contributed by atoms with Gasteiger partial charge in [0.1, 0.15) is 0 Å². The summed E-state index contributed by atoms with van der Waals surface area (Å²) in [6, 6.07) is 10.8. The number of alkyl halides is 1. The molecule has 1 fully saturated rings. The Hall–Kier alpha value is -0.300. The molecule has 0 amide bonds. The van der Waals surface area contributed by atoms with Gasteiger partial charge in [0.15, 0.2) is 0 Å². The number of hydrogen-bond donors (Lipinski definition) is 0. The van der Waals surface area contributed by atoms with Gasteiger partial charge in [-0.2, -0.15) is 0 Å². The summed E-state index contributed by atoms with van der Waals surface area (Å²) < 4.78 is 0. The van der Waals surface area contributed by atoms with Gasteiger partial charge in [0.05, 0.1) is 0 Å². The minimum atomic E-state index is 0.580. The van der Waals surface area contributed by atoms with Crippen molar-refractivity contribution in [1.29, 1.82) is 0 Å². The van der Waals surface area contributed by atoms with Gasteiger partial charge in [-0.05, 0) is 24.3 Å². The lowest BCUT2D eigenvalue weighted by molar-refractivity contribution is 0.542. The molecule has 2 rings (SSSR count). The van der Waals surface area contributed by atoms with Crippen LogP contribution in [-0.4, -0.2) is 0 Å². The highest BCUT2D eigenvalue weighted by Crippen LogP contribution is 2.40. The molecule has 1 aliphatic rings. The zero-order valence-corrected chi connectivity index (χ0v) is 9.33. The first kappa shape index (κ1) is 9.26. The molecule has 0 bridgehead atoms. The van der Waals surface area contributed by atoms with Crippen molar-refractivity contribution in [2.24, 2.45) is 5.92 Å². The van der Waals surface area contributed by atoms with Crippen LogP contribution in [0.4, 0.5) is 0 Å². The number of rotatable bonds is 2. The molecule has 1 atom stereocenters. The van der Waals surface area contributed by atoms with Gasteiger partial charge in [0.25, 0.3) is 0 Å². The van der Waals surface area contributed by atoms with E-state index >= 15 is 0 Å². The molecule has 0 saturated heterocycles. The second-order valence-electron chi connectivity index (χ2n) is 3.86. The molecule has 0 N–H and O–H groups in total. The van der Waals surface area contributed by atoms with Crippen molar-refractivity contribution in [2.75, 3.05) is 0 Å². The highest BCUT2D eigenvalue weighted by molar-refractivity contribution is 9.09. The Kier molecular flexibility index (Phi) is 3.05. The summed E-state index contributed by atoms with van der Waals surface area (Å²) in [6.07, 6.45) is 5.62. The molecule has 1 aromatic carbocycles. The van der Waals surface area contributed by atoms with Gasteiger partial charge in [-0.1, -0.05) is 59.1 Å². The molecule has 0 radical (unpaired) electrons. The fraction of sp³-hybridized carbons (Fsp3) is 0.500. The van der Waals surface area contributed by atoms with Gasteiger partial charge in [0, 0.05) is 4.83 Å². The minimum absolute atomic E-state index is 0.580. The van der Waals surface area contributed by atoms with Gasteiger partial charge in [-0.15, -0.1) is 0 Å². The fourth-order valence-electron chi connectivity index (χ4n) is 2.16. The van der Waals surface area contributed by atoms with E-state index in [0.29, 0.717) is 4.83 Å². The van der Waals surface area contributed by atoms with Crippen molar-refractivity contribution in [1.82, 2.24) is 0 Å². The van der Waals surface area contributed by atoms with Crippen LogP contribution in [0.1, 0.15) is 36.1 Å². The first-order chi connectivity index (χ1) is 6.38. The number of benzene rings is 1. The Labute approximate surface area is 88.5 Å². The van der Waals surface area contributed by atoms with E-state index in [-0.39, 0.29) is 0 Å². The first-order valence-electron chi connectivity index (χ1n) is 5.07. The Balaban J connectivity index is 2.08. The molecule has 70 valence electrons. The monoisotopic (exact) mass is 238 g/mol. The summed E-state index contributed by atoms with van der Waals surface area (Å²) in [6.45, 7) is 0. The Morgan fingerprint density at radius 2 is 1.69 bits per heavy atom. The van der Waals surface area contributed by atoms with Crippen molar-refractivity contribution in [3.05, 3.63) is 35.9 Å². The van der Waals surface area contributed by atoms with Crippen LogP contribution in [0.5, 0.6) is 0 Å². The molecular formula is C12H15Br. The molecule has 1 heteroatoms. The molecule has 1 aliphatic carbocycles. The summed E-state index contributed by atoms with van der Waals surface area (Å²) in [5.41, 5.74) is 1.44. The molecule has 0 spiro atoms. The van der Waals surface area contributed by atoms with Crippen molar-refractivity contribution >= 4 is 15.9 Å². The first-order valence-corrected chi connectivity index (χ1v) is 5.98. The molecule has 0 heterocycles. The predicted octanol–water partition coefficient (Wildman–Crippen LogP) is 4.31. The number of hydrogen-bond acceptors (Lipinski definition) is 0. The average molecular weight is 239 g/mol. The van der Waals surface area contributed by atoms with E-state index in [1.807, 2.05) is 0 Å². The van der Waals surface area contributed by atoms with E-state index in [1.165, 1.54) is 31.2 Å². The van der Waals surface area contributed by atoms with Crippen LogP contribution in [0.2, 0.25) is 0 Å². The molecule has 1 aromatic rings. The van der Waals surface area contributed by atoms with E-state index in [4.69, 9.17) is 0 Å². The Morgan fingerprint density at radius 1 is 1.08 bits per heavy atom. The molecule has 13 heavy (non-hydrogen) atoms. The van der Waals surface area contributed by atoms with E-state index in [0.717, 1.165) is 5.92 Å². The molecule has 0 nitrogen and oxygen atoms in total. The lowest BCUT2D eigenvalue weighted by Gasteiger charge is -2.16. The van der Waals surface area contributed by atoms with Crippen LogP contribution in [0, 0.1) is 5.92 Å². The highest BCUT2D eigenvalue weighted by Gasteiger charge is 2.23. The third-order valence-corrected chi connectivity index (χ3v) is 4.21. The number of halogens is 1. The van der Waals surface area contributed by atoms with Crippen LogP contribution in [0.15, 0.2) is 30.3 Å². The van der Waals surface area contributed by atoms with Gasteiger partial charge in [-0.3, -0.25) is 0 Å². The second kappa shape index (κ2) is 4.28. The highest BCUT2D eigenvalue weighted by atomic mass is 79.9. The minimum Gasteiger partial charge on any atom is -0.0836 e. The average Bonchev–Trinajstić information content (AvgIpc) is 2.71. The van der Waals surface area contributed by atoms with E-state index in [1.54, 1.807) is 0 Å². The van der Waals surface area contributed by atoms with Crippen molar-refractivity contribution < 1.29 is 0 Å². The van der Waals surface area contributed by atoms with E-state index in [9.17, 15) is 0 Å². The lowest BCUT2D eigenvalue weighted by atomic mass is 9.98. The van der Waals surface area contributed by atoms with E-state index in [2.05, 4.69) is 46.3 Å². The predicted molar refractivity (Wildman–Crippen MR) is 60.1 cm³/mol. The summed E-state index contributed by atoms with van der Waals surface area (Å²) in [5, 5.41) is 0. The van der Waals surface area contributed by atoms with Gasteiger partial charge in [0.2, 0.25) is 0 Å². The van der Waals surface area contributed by atoms with Gasteiger partial charge >= 0.3 is 0 Å². The molecule has 1 unspecified atom stereocenters. The quantitative estimate of drug-likeness (QED) is 0.674. The maximum atomic E-state index is 3.81. The van der Waals surface area contributed by atoms with E-state index < -0.39 is 0 Å². The Bertz CT molecular complexity index is 249. The summed E-state index contributed by atoms with van der Waals surface area (Å²) in [7, 11) is 0. The lowest BCUT2D eigenvalue weighted by Crippen LogP contribution is -2.02. The van der Waals surface area contributed by atoms with Gasteiger partial charge in [-0.25, -0.2) is 0 Å². The van der Waals surface area contributed by atoms with Crippen LogP contribution in [-0.2, 0) is 0 Å². The third-order valence-electron chi connectivity index (χ3n) is 2.93. The summed E-state index contributed by atoms with van der Waals surface area (Å²) >= 11 is 3.81. The van der Waals surface area contributed by atoms with Crippen LogP contribution >= 0.6 is 15.9 Å². The SMILES string of the molecule is BrC(c1ccccc1)C1CCCC1. The summed E-state index contributed by atoms with van der Waals surface area (Å²) in [5.74, 6) is 0.863. The smallest absolute Gasteiger partial charge is 0.0423 e. The van der Waals surface area contributed by atoms with Crippen LogP contribution in [0.3, 0.4) is 0 Å². The Morgan fingerprint density at radius 3 is 2.31 bits per heavy atom. The fourth-order valence-corrected chi connectivity index (χ4v) is 2.99. The zero-order chi connectivity index (χ0) is 9.10. The third kappa shape index (κ3) is 2.14. The molecule has 1 saturated carbocycles. The van der Waals surface area contributed by atoms with Gasteiger partial charge < -0.3 is 0 Å². The largest absolute Gasteiger partial charge is 0.0836 e. The van der Waals surface area contributed by atoms with Crippen LogP contribution in [0.25, 0.3) is 0 Å². The topological polar surface area (TPSA) is 0 Å². The maximum absolute atomic E-state index is 3.81. The maximum Gasteiger partial charge on any atom is 0.0423 e. The molecule has 0 aromatic heterocycles. The normalized spacial score (nSPS) is 20.4. The van der Waals surface area contributed by atoms with Crippen molar-refractivity contribution in [3.8, 4) is 0 Å².